The zero-order chi connectivity index (χ0) is 18.8. The molecule has 146 valence electrons. The summed E-state index contributed by atoms with van der Waals surface area (Å²) >= 11 is 0. The predicted octanol–water partition coefficient (Wildman–Crippen LogP) is 2.58. The standard InChI is InChI=1S/C17H23F3N2O3S/c18-17(19,20)14-2-4-15(5-3-14)25-13-12-21-8-1-9-22(11-10-21)26(23,24)16-6-7-16/h2-5,16H,1,6-13H2. The van der Waals surface area contributed by atoms with Crippen LogP contribution in [-0.2, 0) is 16.2 Å². The number of hydrogen-bond donors (Lipinski definition) is 0. The molecule has 0 N–H and O–H groups in total. The number of benzene rings is 1. The highest BCUT2D eigenvalue weighted by atomic mass is 32.2. The number of nitrogens with zero attached hydrogens (tertiary/aromatic N) is 2. The zero-order valence-corrected chi connectivity index (χ0v) is 15.2. The van der Waals surface area contributed by atoms with Gasteiger partial charge in [-0.25, -0.2) is 12.7 Å². The first kappa shape index (κ1) is 19.4. The molecule has 1 aromatic carbocycles. The van der Waals surface area contributed by atoms with E-state index < -0.39 is 21.8 Å². The summed E-state index contributed by atoms with van der Waals surface area (Å²) in [6, 6.07) is 4.63. The summed E-state index contributed by atoms with van der Waals surface area (Å²) < 4.78 is 69.3. The van der Waals surface area contributed by atoms with Gasteiger partial charge in [0.2, 0.25) is 10.0 Å². The molecule has 0 radical (unpaired) electrons. The number of ether oxygens (including phenoxy) is 1. The van der Waals surface area contributed by atoms with Crippen LogP contribution in [0.25, 0.3) is 0 Å². The first-order valence-corrected chi connectivity index (χ1v) is 10.3. The van der Waals surface area contributed by atoms with E-state index in [4.69, 9.17) is 4.74 Å². The van der Waals surface area contributed by atoms with Gasteiger partial charge in [-0.05, 0) is 50.1 Å². The summed E-state index contributed by atoms with van der Waals surface area (Å²) in [6.45, 7) is 3.42. The van der Waals surface area contributed by atoms with Gasteiger partial charge in [0.15, 0.2) is 0 Å². The Bertz CT molecular complexity index is 703. The van der Waals surface area contributed by atoms with E-state index in [1.165, 1.54) is 12.1 Å². The molecule has 9 heteroatoms. The Kier molecular flexibility index (Phi) is 5.78. The Balaban J connectivity index is 1.44. The van der Waals surface area contributed by atoms with Crippen LogP contribution in [0.1, 0.15) is 24.8 Å². The maximum atomic E-state index is 12.5. The fourth-order valence-corrected chi connectivity index (χ4v) is 4.91. The lowest BCUT2D eigenvalue weighted by atomic mass is 10.2. The van der Waals surface area contributed by atoms with Crippen molar-refractivity contribution in [3.63, 3.8) is 0 Å². The molecule has 0 amide bonds. The van der Waals surface area contributed by atoms with E-state index in [0.29, 0.717) is 38.5 Å². The van der Waals surface area contributed by atoms with Crippen molar-refractivity contribution >= 4 is 10.0 Å². The highest BCUT2D eigenvalue weighted by molar-refractivity contribution is 7.90. The van der Waals surface area contributed by atoms with Crippen LogP contribution in [0.2, 0.25) is 0 Å². The molecule has 1 aromatic rings. The molecule has 1 saturated carbocycles. The van der Waals surface area contributed by atoms with Crippen molar-refractivity contribution in [3.8, 4) is 5.75 Å². The normalized spacial score (nSPS) is 20.7. The molecule has 1 aliphatic carbocycles. The highest BCUT2D eigenvalue weighted by Gasteiger charge is 2.40. The molecule has 3 rings (SSSR count). The average molecular weight is 392 g/mol. The summed E-state index contributed by atoms with van der Waals surface area (Å²) in [6.07, 6.45) is -2.05. The first-order valence-electron chi connectivity index (χ1n) is 8.78. The summed E-state index contributed by atoms with van der Waals surface area (Å²) in [5, 5.41) is -0.183. The number of rotatable bonds is 6. The second-order valence-electron chi connectivity index (χ2n) is 6.71. The molecule has 0 atom stereocenters. The highest BCUT2D eigenvalue weighted by Crippen LogP contribution is 2.31. The number of alkyl halides is 3. The van der Waals surface area contributed by atoms with Gasteiger partial charge in [-0.15, -0.1) is 0 Å². The molecule has 1 saturated heterocycles. The van der Waals surface area contributed by atoms with E-state index in [-0.39, 0.29) is 5.25 Å². The minimum atomic E-state index is -4.35. The average Bonchev–Trinajstić information content (AvgIpc) is 3.42. The van der Waals surface area contributed by atoms with Gasteiger partial charge in [-0.2, -0.15) is 13.2 Å². The van der Waals surface area contributed by atoms with Gasteiger partial charge in [0.1, 0.15) is 12.4 Å². The Labute approximate surface area is 151 Å². The summed E-state index contributed by atoms with van der Waals surface area (Å²) in [7, 11) is -3.13. The number of hydrogen-bond acceptors (Lipinski definition) is 4. The second kappa shape index (κ2) is 7.74. The second-order valence-corrected chi connectivity index (χ2v) is 8.92. The van der Waals surface area contributed by atoms with Crippen LogP contribution in [0.3, 0.4) is 0 Å². The van der Waals surface area contributed by atoms with Gasteiger partial charge in [-0.1, -0.05) is 0 Å². The summed E-state index contributed by atoms with van der Waals surface area (Å²) in [5.74, 6) is 0.394. The summed E-state index contributed by atoms with van der Waals surface area (Å²) in [4.78, 5) is 2.13. The molecule has 2 aliphatic rings. The third-order valence-corrected chi connectivity index (χ3v) is 7.11. The molecular weight excluding hydrogens is 369 g/mol. The van der Waals surface area contributed by atoms with Crippen molar-refractivity contribution in [2.75, 3.05) is 39.3 Å². The van der Waals surface area contributed by atoms with E-state index in [1.807, 2.05) is 0 Å². The lowest BCUT2D eigenvalue weighted by Gasteiger charge is -2.21. The van der Waals surface area contributed by atoms with E-state index in [0.717, 1.165) is 37.9 Å². The molecule has 5 nitrogen and oxygen atoms in total. The van der Waals surface area contributed by atoms with Crippen molar-refractivity contribution in [2.24, 2.45) is 0 Å². The fraction of sp³-hybridized carbons (Fsp3) is 0.647. The van der Waals surface area contributed by atoms with Gasteiger partial charge in [0, 0.05) is 26.2 Å². The van der Waals surface area contributed by atoms with E-state index in [1.54, 1.807) is 4.31 Å². The molecule has 0 aromatic heterocycles. The largest absolute Gasteiger partial charge is 0.492 e. The van der Waals surface area contributed by atoms with Crippen LogP contribution in [0.4, 0.5) is 13.2 Å². The maximum absolute atomic E-state index is 12.5. The van der Waals surface area contributed by atoms with E-state index in [9.17, 15) is 21.6 Å². The van der Waals surface area contributed by atoms with Crippen molar-refractivity contribution in [1.29, 1.82) is 0 Å². The number of sulfonamides is 1. The first-order chi connectivity index (χ1) is 12.3. The smallest absolute Gasteiger partial charge is 0.416 e. The number of halogens is 3. The lowest BCUT2D eigenvalue weighted by molar-refractivity contribution is -0.137. The predicted molar refractivity (Wildman–Crippen MR) is 91.5 cm³/mol. The fourth-order valence-electron chi connectivity index (χ4n) is 3.03. The molecule has 1 heterocycles. The minimum Gasteiger partial charge on any atom is -0.492 e. The van der Waals surface area contributed by atoms with E-state index in [2.05, 4.69) is 4.90 Å². The topological polar surface area (TPSA) is 49.9 Å². The molecule has 0 unspecified atom stereocenters. The van der Waals surface area contributed by atoms with Gasteiger partial charge in [0.25, 0.3) is 0 Å². The molecule has 2 fully saturated rings. The Morgan fingerprint density at radius 3 is 2.35 bits per heavy atom. The molecule has 0 bridgehead atoms. The molecule has 26 heavy (non-hydrogen) atoms. The molecule has 1 aliphatic heterocycles. The molecule has 0 spiro atoms. The quantitative estimate of drug-likeness (QED) is 0.747. The van der Waals surface area contributed by atoms with Crippen LogP contribution in [-0.4, -0.2) is 62.2 Å². The van der Waals surface area contributed by atoms with Crippen LogP contribution in [0.5, 0.6) is 5.75 Å². The maximum Gasteiger partial charge on any atom is 0.416 e. The van der Waals surface area contributed by atoms with Gasteiger partial charge >= 0.3 is 6.18 Å². The van der Waals surface area contributed by atoms with Crippen molar-refractivity contribution < 1.29 is 26.3 Å². The van der Waals surface area contributed by atoms with Gasteiger partial charge in [0.05, 0.1) is 10.8 Å². The Morgan fingerprint density at radius 1 is 1.04 bits per heavy atom. The van der Waals surface area contributed by atoms with Crippen LogP contribution < -0.4 is 4.74 Å². The zero-order valence-electron chi connectivity index (χ0n) is 14.4. The monoisotopic (exact) mass is 392 g/mol. The molecular formula is C17H23F3N2O3S. The van der Waals surface area contributed by atoms with Crippen LogP contribution in [0, 0.1) is 0 Å². The Morgan fingerprint density at radius 2 is 1.73 bits per heavy atom. The third kappa shape index (κ3) is 4.89. The lowest BCUT2D eigenvalue weighted by Crippen LogP contribution is -2.37. The minimum absolute atomic E-state index is 0.183. The van der Waals surface area contributed by atoms with Gasteiger partial charge < -0.3 is 4.74 Å². The summed E-state index contributed by atoms with van der Waals surface area (Å²) in [5.41, 5.74) is -0.700. The van der Waals surface area contributed by atoms with Crippen LogP contribution >= 0.6 is 0 Å². The van der Waals surface area contributed by atoms with Crippen LogP contribution in [0.15, 0.2) is 24.3 Å². The van der Waals surface area contributed by atoms with Gasteiger partial charge in [-0.3, -0.25) is 4.90 Å². The van der Waals surface area contributed by atoms with Crippen molar-refractivity contribution in [2.45, 2.75) is 30.7 Å². The van der Waals surface area contributed by atoms with Crippen molar-refractivity contribution in [1.82, 2.24) is 9.21 Å². The Hall–Kier alpha value is -1.32. The third-order valence-electron chi connectivity index (χ3n) is 4.71. The van der Waals surface area contributed by atoms with Crippen molar-refractivity contribution in [3.05, 3.63) is 29.8 Å². The SMILES string of the molecule is O=S(=O)(C1CC1)N1CCCN(CCOc2ccc(C(F)(F)F)cc2)CC1. The van der Waals surface area contributed by atoms with E-state index >= 15 is 0 Å².